The third-order valence-corrected chi connectivity index (χ3v) is 3.67. The van der Waals surface area contributed by atoms with Crippen LogP contribution in [0.2, 0.25) is 0 Å². The number of pyridine rings is 1. The SMILES string of the molecule is O=C1NC[C@H]2CN(C(=O)O)C[C@@H]2c2ncccc21. The van der Waals surface area contributed by atoms with Gasteiger partial charge in [0.15, 0.2) is 0 Å². The van der Waals surface area contributed by atoms with Gasteiger partial charge in [0.1, 0.15) is 0 Å². The first kappa shape index (κ1) is 11.0. The lowest BCUT2D eigenvalue weighted by molar-refractivity contribution is 0.0951. The van der Waals surface area contributed by atoms with Crippen LogP contribution in [-0.4, -0.2) is 46.6 Å². The van der Waals surface area contributed by atoms with Crippen molar-refractivity contribution in [3.8, 4) is 0 Å². The molecule has 0 radical (unpaired) electrons. The number of hydrogen-bond acceptors (Lipinski definition) is 3. The number of aromatic nitrogens is 1. The molecule has 2 atom stereocenters. The lowest BCUT2D eigenvalue weighted by atomic mass is 9.91. The lowest BCUT2D eigenvalue weighted by Crippen LogP contribution is -2.31. The van der Waals surface area contributed by atoms with Crippen LogP contribution in [0.3, 0.4) is 0 Å². The number of amides is 2. The summed E-state index contributed by atoms with van der Waals surface area (Å²) in [6.45, 7) is 1.37. The average molecular weight is 247 g/mol. The van der Waals surface area contributed by atoms with Gasteiger partial charge in [-0.1, -0.05) is 0 Å². The normalized spacial score (nSPS) is 26.0. The molecular formula is C12H13N3O3. The van der Waals surface area contributed by atoms with Crippen LogP contribution in [0.5, 0.6) is 0 Å². The first-order valence-electron chi connectivity index (χ1n) is 5.88. The average Bonchev–Trinajstić information content (AvgIpc) is 2.75. The van der Waals surface area contributed by atoms with Crippen molar-refractivity contribution >= 4 is 12.0 Å². The third kappa shape index (κ3) is 1.61. The van der Waals surface area contributed by atoms with Crippen LogP contribution in [0.25, 0.3) is 0 Å². The molecule has 18 heavy (non-hydrogen) atoms. The maximum absolute atomic E-state index is 11.9. The fraction of sp³-hybridized carbons (Fsp3) is 0.417. The van der Waals surface area contributed by atoms with Gasteiger partial charge in [-0.2, -0.15) is 0 Å². The molecule has 94 valence electrons. The highest BCUT2D eigenvalue weighted by Crippen LogP contribution is 2.34. The number of hydrogen-bond donors (Lipinski definition) is 2. The second-order valence-corrected chi connectivity index (χ2v) is 4.70. The molecule has 0 saturated carbocycles. The molecule has 2 amide bonds. The molecule has 1 aromatic rings. The molecule has 2 aliphatic rings. The zero-order valence-electron chi connectivity index (χ0n) is 9.67. The minimum Gasteiger partial charge on any atom is -0.465 e. The van der Waals surface area contributed by atoms with Gasteiger partial charge in [0, 0.05) is 37.7 Å². The van der Waals surface area contributed by atoms with Crippen molar-refractivity contribution in [3.63, 3.8) is 0 Å². The first-order chi connectivity index (χ1) is 8.66. The van der Waals surface area contributed by atoms with Crippen molar-refractivity contribution in [2.75, 3.05) is 19.6 Å². The zero-order valence-corrected chi connectivity index (χ0v) is 9.67. The Morgan fingerprint density at radius 2 is 2.33 bits per heavy atom. The van der Waals surface area contributed by atoms with E-state index in [4.69, 9.17) is 5.11 Å². The summed E-state index contributed by atoms with van der Waals surface area (Å²) in [7, 11) is 0. The fourth-order valence-electron chi connectivity index (χ4n) is 2.77. The van der Waals surface area contributed by atoms with Gasteiger partial charge in [-0.25, -0.2) is 4.79 Å². The summed E-state index contributed by atoms with van der Waals surface area (Å²) in [4.78, 5) is 28.6. The summed E-state index contributed by atoms with van der Waals surface area (Å²) in [5, 5.41) is 11.9. The van der Waals surface area contributed by atoms with Gasteiger partial charge in [0.25, 0.3) is 5.91 Å². The van der Waals surface area contributed by atoms with Gasteiger partial charge in [-0.3, -0.25) is 9.78 Å². The van der Waals surface area contributed by atoms with E-state index in [0.29, 0.717) is 25.2 Å². The molecule has 1 fully saturated rings. The summed E-state index contributed by atoms with van der Waals surface area (Å²) in [5.41, 5.74) is 1.29. The molecule has 1 aromatic heterocycles. The summed E-state index contributed by atoms with van der Waals surface area (Å²) >= 11 is 0. The monoisotopic (exact) mass is 247 g/mol. The predicted octanol–water partition coefficient (Wildman–Crippen LogP) is 0.518. The van der Waals surface area contributed by atoms with Crippen LogP contribution in [0.4, 0.5) is 4.79 Å². The molecule has 0 aliphatic carbocycles. The number of rotatable bonds is 0. The molecule has 6 nitrogen and oxygen atoms in total. The van der Waals surface area contributed by atoms with E-state index < -0.39 is 6.09 Å². The summed E-state index contributed by atoms with van der Waals surface area (Å²) in [5.74, 6) is 0.00632. The number of likely N-dealkylation sites (tertiary alicyclic amines) is 1. The fourth-order valence-corrected chi connectivity index (χ4v) is 2.77. The van der Waals surface area contributed by atoms with E-state index >= 15 is 0 Å². The Kier molecular flexibility index (Phi) is 2.43. The van der Waals surface area contributed by atoms with Gasteiger partial charge >= 0.3 is 6.09 Å². The van der Waals surface area contributed by atoms with Crippen LogP contribution in [0.15, 0.2) is 18.3 Å². The Bertz CT molecular complexity index is 517. The third-order valence-electron chi connectivity index (χ3n) is 3.67. The van der Waals surface area contributed by atoms with E-state index in [9.17, 15) is 9.59 Å². The Balaban J connectivity index is 2.00. The van der Waals surface area contributed by atoms with Gasteiger partial charge < -0.3 is 15.3 Å². The molecule has 2 aliphatic heterocycles. The molecule has 6 heteroatoms. The number of carboxylic acid groups (broad SMARTS) is 1. The Labute approximate surface area is 104 Å². The van der Waals surface area contributed by atoms with E-state index in [1.165, 1.54) is 4.90 Å². The first-order valence-corrected chi connectivity index (χ1v) is 5.88. The molecule has 0 bridgehead atoms. The second-order valence-electron chi connectivity index (χ2n) is 4.70. The molecule has 0 spiro atoms. The van der Waals surface area contributed by atoms with E-state index in [2.05, 4.69) is 10.3 Å². The van der Waals surface area contributed by atoms with E-state index in [-0.39, 0.29) is 17.7 Å². The summed E-state index contributed by atoms with van der Waals surface area (Å²) in [6.07, 6.45) is 0.740. The molecular weight excluding hydrogens is 234 g/mol. The largest absolute Gasteiger partial charge is 0.465 e. The van der Waals surface area contributed by atoms with E-state index in [1.807, 2.05) is 0 Å². The van der Waals surface area contributed by atoms with Crippen molar-refractivity contribution < 1.29 is 14.7 Å². The molecule has 3 heterocycles. The number of nitrogens with one attached hydrogen (secondary N) is 1. The van der Waals surface area contributed by atoms with Gasteiger partial charge in [0.2, 0.25) is 0 Å². The summed E-state index contributed by atoms with van der Waals surface area (Å²) in [6, 6.07) is 3.46. The standard InChI is InChI=1S/C12H13N3O3/c16-11-8-2-1-3-13-10(8)9-6-15(12(17)18)5-7(9)4-14-11/h1-3,7,9H,4-6H2,(H,14,16)(H,17,18)/t7-,9-/m0/s1. The van der Waals surface area contributed by atoms with Gasteiger partial charge in [-0.05, 0) is 12.1 Å². The topological polar surface area (TPSA) is 82.5 Å². The molecule has 3 rings (SSSR count). The number of nitrogens with zero attached hydrogens (tertiary/aromatic N) is 2. The number of fused-ring (bicyclic) bond motifs is 3. The Hall–Kier alpha value is -2.11. The van der Waals surface area contributed by atoms with E-state index in [1.54, 1.807) is 18.3 Å². The predicted molar refractivity (Wildman–Crippen MR) is 62.4 cm³/mol. The minimum absolute atomic E-state index is 0.0104. The van der Waals surface area contributed by atoms with Crippen molar-refractivity contribution in [3.05, 3.63) is 29.6 Å². The highest BCUT2D eigenvalue weighted by Gasteiger charge is 2.40. The van der Waals surface area contributed by atoms with E-state index in [0.717, 1.165) is 5.69 Å². The lowest BCUT2D eigenvalue weighted by Gasteiger charge is -2.14. The Morgan fingerprint density at radius 3 is 3.11 bits per heavy atom. The van der Waals surface area contributed by atoms with Crippen LogP contribution in [0, 0.1) is 5.92 Å². The van der Waals surface area contributed by atoms with Gasteiger partial charge in [0.05, 0.1) is 11.3 Å². The van der Waals surface area contributed by atoms with Crippen molar-refractivity contribution in [1.29, 1.82) is 0 Å². The summed E-state index contributed by atoms with van der Waals surface area (Å²) < 4.78 is 0. The number of carbonyl (C=O) groups is 2. The molecule has 1 saturated heterocycles. The maximum atomic E-state index is 11.9. The zero-order chi connectivity index (χ0) is 12.7. The molecule has 0 aromatic carbocycles. The van der Waals surface area contributed by atoms with Crippen LogP contribution >= 0.6 is 0 Å². The Morgan fingerprint density at radius 1 is 1.50 bits per heavy atom. The van der Waals surface area contributed by atoms with Crippen LogP contribution in [-0.2, 0) is 0 Å². The highest BCUT2D eigenvalue weighted by molar-refractivity contribution is 5.95. The smallest absolute Gasteiger partial charge is 0.407 e. The van der Waals surface area contributed by atoms with Gasteiger partial charge in [-0.15, -0.1) is 0 Å². The minimum atomic E-state index is -0.910. The molecule has 0 unspecified atom stereocenters. The van der Waals surface area contributed by atoms with Crippen LogP contribution < -0.4 is 5.32 Å². The second kappa shape index (κ2) is 3.97. The highest BCUT2D eigenvalue weighted by atomic mass is 16.4. The van der Waals surface area contributed by atoms with Crippen molar-refractivity contribution in [2.45, 2.75) is 5.92 Å². The quantitative estimate of drug-likeness (QED) is 0.700. The van der Waals surface area contributed by atoms with Crippen molar-refractivity contribution in [2.24, 2.45) is 5.92 Å². The van der Waals surface area contributed by atoms with Crippen LogP contribution in [0.1, 0.15) is 22.0 Å². The van der Waals surface area contributed by atoms with Crippen molar-refractivity contribution in [1.82, 2.24) is 15.2 Å². The number of carbonyl (C=O) groups excluding carboxylic acids is 1. The maximum Gasteiger partial charge on any atom is 0.407 e. The molecule has 2 N–H and O–H groups in total.